The minimum atomic E-state index is -0.760. The molecule has 1 saturated carbocycles. The summed E-state index contributed by atoms with van der Waals surface area (Å²) >= 11 is 5.85. The minimum Gasteiger partial charge on any atom is -0.481 e. The summed E-state index contributed by atoms with van der Waals surface area (Å²) in [6.07, 6.45) is 2.47. The molecule has 0 aliphatic heterocycles. The molecular weight excluding hydrogens is 332 g/mol. The smallest absolute Gasteiger partial charge is 0.306 e. The first kappa shape index (κ1) is 16.5. The number of nitrogens with one attached hydrogen (secondary N) is 1. The second kappa shape index (κ2) is 7.05. The summed E-state index contributed by atoms with van der Waals surface area (Å²) in [5.41, 5.74) is 0.994. The summed E-state index contributed by atoms with van der Waals surface area (Å²) in [5.74, 6) is -0.880. The van der Waals surface area contributed by atoms with E-state index in [9.17, 15) is 9.59 Å². The van der Waals surface area contributed by atoms with E-state index < -0.39 is 5.97 Å². The van der Waals surface area contributed by atoms with Crippen molar-refractivity contribution in [1.29, 1.82) is 0 Å². The van der Waals surface area contributed by atoms with E-state index in [0.717, 1.165) is 5.56 Å². The molecule has 24 heavy (non-hydrogen) atoms. The van der Waals surface area contributed by atoms with E-state index in [1.807, 2.05) is 0 Å². The molecule has 0 atom stereocenters. The van der Waals surface area contributed by atoms with E-state index in [0.29, 0.717) is 36.5 Å². The van der Waals surface area contributed by atoms with Crippen LogP contribution >= 0.6 is 11.6 Å². The van der Waals surface area contributed by atoms with Crippen LogP contribution in [0.4, 0.5) is 0 Å². The van der Waals surface area contributed by atoms with Crippen LogP contribution in [0, 0.1) is 5.92 Å². The van der Waals surface area contributed by atoms with Crippen molar-refractivity contribution in [3.05, 3.63) is 41.0 Å². The standard InChI is InChI=1S/C17H17ClN2O4/c18-12-5-1-10(2-6-12)15-9-14(20-24-15)16(21)19-13-7-3-11(4-8-13)17(22)23/h1-2,5-6,9,11,13H,3-4,7-8H2,(H,19,21)(H,22,23). The van der Waals surface area contributed by atoms with Gasteiger partial charge in [0.2, 0.25) is 0 Å². The topological polar surface area (TPSA) is 92.4 Å². The van der Waals surface area contributed by atoms with Gasteiger partial charge in [-0.15, -0.1) is 0 Å². The maximum absolute atomic E-state index is 12.3. The van der Waals surface area contributed by atoms with E-state index >= 15 is 0 Å². The number of hydrogen-bond donors (Lipinski definition) is 2. The highest BCUT2D eigenvalue weighted by Crippen LogP contribution is 2.25. The number of halogens is 1. The van der Waals surface area contributed by atoms with Crippen LogP contribution in [0.5, 0.6) is 0 Å². The molecule has 7 heteroatoms. The SMILES string of the molecule is O=C(NC1CCC(C(=O)O)CC1)c1cc(-c2ccc(Cl)cc2)on1. The number of carbonyl (C=O) groups excluding carboxylic acids is 1. The number of aliphatic carboxylic acids is 1. The Kier molecular flexibility index (Phi) is 4.85. The summed E-state index contributed by atoms with van der Waals surface area (Å²) < 4.78 is 5.22. The van der Waals surface area contributed by atoms with Gasteiger partial charge in [-0.1, -0.05) is 16.8 Å². The lowest BCUT2D eigenvalue weighted by Crippen LogP contribution is -2.38. The summed E-state index contributed by atoms with van der Waals surface area (Å²) in [4.78, 5) is 23.2. The molecule has 6 nitrogen and oxygen atoms in total. The first-order chi connectivity index (χ1) is 11.5. The van der Waals surface area contributed by atoms with Crippen LogP contribution in [0.25, 0.3) is 11.3 Å². The molecule has 1 heterocycles. The molecule has 1 aliphatic carbocycles. The fourth-order valence-electron chi connectivity index (χ4n) is 2.88. The molecule has 1 fully saturated rings. The van der Waals surface area contributed by atoms with Gasteiger partial charge in [-0.05, 0) is 49.9 Å². The van der Waals surface area contributed by atoms with E-state index in [1.54, 1.807) is 30.3 Å². The molecule has 2 aromatic rings. The normalized spacial score (nSPS) is 20.5. The van der Waals surface area contributed by atoms with Crippen LogP contribution in [0.15, 0.2) is 34.9 Å². The highest BCUT2D eigenvalue weighted by Gasteiger charge is 2.27. The van der Waals surface area contributed by atoms with E-state index in [2.05, 4.69) is 10.5 Å². The van der Waals surface area contributed by atoms with Crippen molar-refractivity contribution in [2.75, 3.05) is 0 Å². The van der Waals surface area contributed by atoms with Gasteiger partial charge in [0.15, 0.2) is 11.5 Å². The van der Waals surface area contributed by atoms with Gasteiger partial charge in [-0.3, -0.25) is 9.59 Å². The van der Waals surface area contributed by atoms with Crippen molar-refractivity contribution < 1.29 is 19.2 Å². The second-order valence-electron chi connectivity index (χ2n) is 5.94. The number of carboxylic acid groups (broad SMARTS) is 1. The van der Waals surface area contributed by atoms with Crippen molar-refractivity contribution >= 4 is 23.5 Å². The Morgan fingerprint density at radius 3 is 2.46 bits per heavy atom. The Morgan fingerprint density at radius 2 is 1.83 bits per heavy atom. The molecule has 1 amide bonds. The van der Waals surface area contributed by atoms with Crippen molar-refractivity contribution in [3.8, 4) is 11.3 Å². The maximum Gasteiger partial charge on any atom is 0.306 e. The van der Waals surface area contributed by atoms with Crippen molar-refractivity contribution in [2.24, 2.45) is 5.92 Å². The monoisotopic (exact) mass is 348 g/mol. The fourth-order valence-corrected chi connectivity index (χ4v) is 3.00. The number of amides is 1. The Bertz CT molecular complexity index is 733. The second-order valence-corrected chi connectivity index (χ2v) is 6.38. The first-order valence-electron chi connectivity index (χ1n) is 7.79. The van der Waals surface area contributed by atoms with Crippen molar-refractivity contribution in [1.82, 2.24) is 10.5 Å². The summed E-state index contributed by atoms with van der Waals surface area (Å²) in [6.45, 7) is 0. The molecule has 0 radical (unpaired) electrons. The number of benzene rings is 1. The van der Waals surface area contributed by atoms with Crippen molar-refractivity contribution in [2.45, 2.75) is 31.7 Å². The average molecular weight is 349 g/mol. The molecule has 126 valence electrons. The Labute approximate surface area is 143 Å². The zero-order valence-corrected chi connectivity index (χ0v) is 13.6. The van der Waals surface area contributed by atoms with Gasteiger partial charge in [-0.2, -0.15) is 0 Å². The van der Waals surface area contributed by atoms with Gasteiger partial charge in [0.1, 0.15) is 0 Å². The zero-order chi connectivity index (χ0) is 17.1. The molecule has 0 saturated heterocycles. The van der Waals surface area contributed by atoms with Gasteiger partial charge < -0.3 is 14.9 Å². The zero-order valence-electron chi connectivity index (χ0n) is 12.9. The molecule has 3 rings (SSSR count). The minimum absolute atomic E-state index is 0.0243. The fraction of sp³-hybridized carbons (Fsp3) is 0.353. The molecule has 1 aromatic heterocycles. The lowest BCUT2D eigenvalue weighted by atomic mass is 9.86. The lowest BCUT2D eigenvalue weighted by molar-refractivity contribution is -0.142. The summed E-state index contributed by atoms with van der Waals surface area (Å²) in [7, 11) is 0. The predicted octanol–water partition coefficient (Wildman–Crippen LogP) is 3.37. The van der Waals surface area contributed by atoms with Crippen LogP contribution in [-0.4, -0.2) is 28.2 Å². The number of hydrogen-bond acceptors (Lipinski definition) is 4. The summed E-state index contributed by atoms with van der Waals surface area (Å²) in [6, 6.07) is 8.61. The van der Waals surface area contributed by atoms with Gasteiger partial charge in [0, 0.05) is 22.7 Å². The molecule has 0 unspecified atom stereocenters. The third kappa shape index (κ3) is 3.76. The van der Waals surface area contributed by atoms with E-state index in [-0.39, 0.29) is 23.6 Å². The lowest BCUT2D eigenvalue weighted by Gasteiger charge is -2.26. The Hall–Kier alpha value is -2.34. The number of carbonyl (C=O) groups is 2. The number of aromatic nitrogens is 1. The van der Waals surface area contributed by atoms with Crippen LogP contribution in [0.2, 0.25) is 5.02 Å². The molecular formula is C17H17ClN2O4. The van der Waals surface area contributed by atoms with Crippen LogP contribution in [0.3, 0.4) is 0 Å². The van der Waals surface area contributed by atoms with E-state index in [1.165, 1.54) is 0 Å². The van der Waals surface area contributed by atoms with Crippen LogP contribution < -0.4 is 5.32 Å². The summed E-state index contributed by atoms with van der Waals surface area (Å²) in [5, 5.41) is 16.3. The van der Waals surface area contributed by atoms with Gasteiger partial charge in [0.05, 0.1) is 5.92 Å². The first-order valence-corrected chi connectivity index (χ1v) is 8.17. The van der Waals surface area contributed by atoms with E-state index in [4.69, 9.17) is 21.2 Å². The number of nitrogens with zero attached hydrogens (tertiary/aromatic N) is 1. The number of rotatable bonds is 4. The van der Waals surface area contributed by atoms with Crippen LogP contribution in [0.1, 0.15) is 36.2 Å². The highest BCUT2D eigenvalue weighted by atomic mass is 35.5. The highest BCUT2D eigenvalue weighted by molar-refractivity contribution is 6.30. The maximum atomic E-state index is 12.3. The molecule has 0 bridgehead atoms. The predicted molar refractivity (Wildman–Crippen MR) is 87.8 cm³/mol. The Balaban J connectivity index is 1.60. The number of carboxylic acids is 1. The third-order valence-electron chi connectivity index (χ3n) is 4.28. The Morgan fingerprint density at radius 1 is 1.17 bits per heavy atom. The van der Waals surface area contributed by atoms with Crippen molar-refractivity contribution in [3.63, 3.8) is 0 Å². The average Bonchev–Trinajstić information content (AvgIpc) is 3.06. The molecule has 1 aromatic carbocycles. The van der Waals surface area contributed by atoms with Crippen LogP contribution in [-0.2, 0) is 4.79 Å². The largest absolute Gasteiger partial charge is 0.481 e. The molecule has 0 spiro atoms. The van der Waals surface area contributed by atoms with Gasteiger partial charge in [-0.25, -0.2) is 0 Å². The third-order valence-corrected chi connectivity index (χ3v) is 4.54. The molecule has 1 aliphatic rings. The quantitative estimate of drug-likeness (QED) is 0.883. The van der Waals surface area contributed by atoms with Gasteiger partial charge in [0.25, 0.3) is 5.91 Å². The van der Waals surface area contributed by atoms with Gasteiger partial charge >= 0.3 is 5.97 Å². The molecule has 2 N–H and O–H groups in total.